The molecule has 0 fully saturated rings. The number of benzene rings is 1. The Bertz CT molecular complexity index is 670. The van der Waals surface area contributed by atoms with E-state index >= 15 is 0 Å². The summed E-state index contributed by atoms with van der Waals surface area (Å²) in [5.74, 6) is -1.29. The van der Waals surface area contributed by atoms with Crippen molar-refractivity contribution >= 4 is 23.2 Å². The SMILES string of the molecule is CCCCCC(NC(=O)Cc1csc(-c2ccccc2)n1)C(=O)O. The average Bonchev–Trinajstić information content (AvgIpc) is 3.03. The number of rotatable bonds is 9. The van der Waals surface area contributed by atoms with Crippen LogP contribution in [0.2, 0.25) is 0 Å². The minimum atomic E-state index is -0.984. The van der Waals surface area contributed by atoms with Crippen LogP contribution in [-0.4, -0.2) is 28.0 Å². The fourth-order valence-electron chi connectivity index (χ4n) is 2.37. The lowest BCUT2D eigenvalue weighted by Gasteiger charge is -2.13. The van der Waals surface area contributed by atoms with Crippen LogP contribution in [0.1, 0.15) is 38.3 Å². The number of unbranched alkanes of at least 4 members (excludes halogenated alkanes) is 2. The number of amides is 1. The molecule has 1 amide bonds. The maximum atomic E-state index is 12.1. The molecule has 1 heterocycles. The number of hydrogen-bond acceptors (Lipinski definition) is 4. The third-order valence-corrected chi connectivity index (χ3v) is 4.58. The first-order valence-electron chi connectivity index (χ1n) is 8.12. The molecule has 128 valence electrons. The lowest BCUT2D eigenvalue weighted by atomic mass is 10.1. The van der Waals surface area contributed by atoms with E-state index < -0.39 is 12.0 Å². The summed E-state index contributed by atoms with van der Waals surface area (Å²) in [4.78, 5) is 27.8. The highest BCUT2D eigenvalue weighted by Crippen LogP contribution is 2.23. The molecular weight excluding hydrogens is 324 g/mol. The van der Waals surface area contributed by atoms with Crippen LogP contribution in [0.4, 0.5) is 0 Å². The van der Waals surface area contributed by atoms with E-state index in [0.717, 1.165) is 29.8 Å². The number of aliphatic carboxylic acids is 1. The zero-order chi connectivity index (χ0) is 17.4. The molecule has 2 N–H and O–H groups in total. The van der Waals surface area contributed by atoms with Crippen molar-refractivity contribution in [2.24, 2.45) is 0 Å². The number of hydrogen-bond donors (Lipinski definition) is 2. The van der Waals surface area contributed by atoms with E-state index in [2.05, 4.69) is 17.2 Å². The Morgan fingerprint density at radius 3 is 2.67 bits per heavy atom. The van der Waals surface area contributed by atoms with E-state index in [1.165, 1.54) is 11.3 Å². The lowest BCUT2D eigenvalue weighted by Crippen LogP contribution is -2.41. The van der Waals surface area contributed by atoms with Crippen LogP contribution in [0, 0.1) is 0 Å². The molecule has 6 heteroatoms. The average molecular weight is 346 g/mol. The molecule has 1 aromatic carbocycles. The summed E-state index contributed by atoms with van der Waals surface area (Å²) in [6.45, 7) is 2.06. The van der Waals surface area contributed by atoms with Crippen molar-refractivity contribution in [2.45, 2.75) is 45.1 Å². The van der Waals surface area contributed by atoms with Gasteiger partial charge in [0, 0.05) is 10.9 Å². The largest absolute Gasteiger partial charge is 0.480 e. The van der Waals surface area contributed by atoms with Gasteiger partial charge in [-0.05, 0) is 6.42 Å². The summed E-state index contributed by atoms with van der Waals surface area (Å²) in [6, 6.07) is 8.94. The molecule has 1 aromatic heterocycles. The van der Waals surface area contributed by atoms with Crippen LogP contribution in [0.15, 0.2) is 35.7 Å². The Kier molecular flexibility index (Phi) is 6.93. The Morgan fingerprint density at radius 2 is 2.00 bits per heavy atom. The van der Waals surface area contributed by atoms with Gasteiger partial charge in [0.2, 0.25) is 5.91 Å². The van der Waals surface area contributed by atoms with Gasteiger partial charge >= 0.3 is 5.97 Å². The van der Waals surface area contributed by atoms with Gasteiger partial charge in [0.25, 0.3) is 0 Å². The first-order chi connectivity index (χ1) is 11.6. The van der Waals surface area contributed by atoms with Gasteiger partial charge < -0.3 is 10.4 Å². The highest BCUT2D eigenvalue weighted by atomic mass is 32.1. The normalized spacial score (nSPS) is 11.9. The van der Waals surface area contributed by atoms with Gasteiger partial charge in [-0.2, -0.15) is 0 Å². The summed E-state index contributed by atoms with van der Waals surface area (Å²) in [7, 11) is 0. The summed E-state index contributed by atoms with van der Waals surface area (Å²) < 4.78 is 0. The van der Waals surface area contributed by atoms with E-state index in [1.807, 2.05) is 35.7 Å². The number of nitrogens with zero attached hydrogens (tertiary/aromatic N) is 1. The molecule has 0 spiro atoms. The van der Waals surface area contributed by atoms with Gasteiger partial charge in [-0.25, -0.2) is 9.78 Å². The van der Waals surface area contributed by atoms with Crippen molar-refractivity contribution in [3.8, 4) is 10.6 Å². The van der Waals surface area contributed by atoms with Crippen LogP contribution < -0.4 is 5.32 Å². The van der Waals surface area contributed by atoms with E-state index in [0.29, 0.717) is 12.1 Å². The first kappa shape index (κ1) is 18.1. The third-order valence-electron chi connectivity index (χ3n) is 3.64. The minimum absolute atomic E-state index is 0.0981. The summed E-state index contributed by atoms with van der Waals surface area (Å²) >= 11 is 1.48. The second-order valence-electron chi connectivity index (χ2n) is 5.64. The molecule has 0 saturated heterocycles. The van der Waals surface area contributed by atoms with E-state index in [1.54, 1.807) is 0 Å². The highest BCUT2D eigenvalue weighted by molar-refractivity contribution is 7.13. The number of carbonyl (C=O) groups excluding carboxylic acids is 1. The highest BCUT2D eigenvalue weighted by Gasteiger charge is 2.20. The molecule has 5 nitrogen and oxygen atoms in total. The topological polar surface area (TPSA) is 79.3 Å². The standard InChI is InChI=1S/C18H22N2O3S/c1-2-3-5-10-15(18(22)23)20-16(21)11-14-12-24-17(19-14)13-8-6-4-7-9-13/h4,6-9,12,15H,2-3,5,10-11H2,1H3,(H,20,21)(H,22,23). The van der Waals surface area contributed by atoms with Crippen LogP contribution in [-0.2, 0) is 16.0 Å². The number of thiazole rings is 1. The second-order valence-corrected chi connectivity index (χ2v) is 6.50. The summed E-state index contributed by atoms with van der Waals surface area (Å²) in [6.07, 6.45) is 3.33. The molecule has 0 bridgehead atoms. The maximum Gasteiger partial charge on any atom is 0.326 e. The quantitative estimate of drug-likeness (QED) is 0.681. The Morgan fingerprint density at radius 1 is 1.25 bits per heavy atom. The molecule has 0 radical (unpaired) electrons. The van der Waals surface area contributed by atoms with Gasteiger partial charge in [-0.1, -0.05) is 56.5 Å². The zero-order valence-electron chi connectivity index (χ0n) is 13.7. The maximum absolute atomic E-state index is 12.1. The van der Waals surface area contributed by atoms with Crippen LogP contribution in [0.5, 0.6) is 0 Å². The molecule has 0 saturated carbocycles. The van der Waals surface area contributed by atoms with Gasteiger partial charge in [-0.3, -0.25) is 4.79 Å². The third kappa shape index (κ3) is 5.45. The lowest BCUT2D eigenvalue weighted by molar-refractivity contribution is -0.142. The second kappa shape index (κ2) is 9.17. The van der Waals surface area contributed by atoms with Crippen molar-refractivity contribution < 1.29 is 14.7 Å². The number of carboxylic acid groups (broad SMARTS) is 1. The smallest absolute Gasteiger partial charge is 0.326 e. The van der Waals surface area contributed by atoms with Gasteiger partial charge in [0.15, 0.2) is 0 Å². The molecule has 24 heavy (non-hydrogen) atoms. The van der Waals surface area contributed by atoms with Crippen LogP contribution in [0.3, 0.4) is 0 Å². The molecule has 1 atom stereocenters. The molecule has 2 aromatic rings. The molecule has 0 aliphatic heterocycles. The van der Waals surface area contributed by atoms with E-state index in [9.17, 15) is 14.7 Å². The summed E-state index contributed by atoms with van der Waals surface area (Å²) in [5, 5.41) is 14.5. The molecule has 0 aliphatic carbocycles. The van der Waals surface area contributed by atoms with Gasteiger partial charge in [-0.15, -0.1) is 11.3 Å². The van der Waals surface area contributed by atoms with Crippen molar-refractivity contribution in [1.82, 2.24) is 10.3 Å². The van der Waals surface area contributed by atoms with Gasteiger partial charge in [0.1, 0.15) is 11.0 Å². The molecular formula is C18H22N2O3S. The Labute approximate surface area is 145 Å². The van der Waals surface area contributed by atoms with Crippen LogP contribution in [0.25, 0.3) is 10.6 Å². The van der Waals surface area contributed by atoms with Crippen molar-refractivity contribution in [3.05, 3.63) is 41.4 Å². The first-order valence-corrected chi connectivity index (χ1v) is 9.00. The fourth-order valence-corrected chi connectivity index (χ4v) is 3.19. The van der Waals surface area contributed by atoms with Gasteiger partial charge in [0.05, 0.1) is 12.1 Å². The van der Waals surface area contributed by atoms with E-state index in [-0.39, 0.29) is 12.3 Å². The molecule has 1 unspecified atom stereocenters. The van der Waals surface area contributed by atoms with Crippen molar-refractivity contribution in [2.75, 3.05) is 0 Å². The fraction of sp³-hybridized carbons (Fsp3) is 0.389. The summed E-state index contributed by atoms with van der Waals surface area (Å²) in [5.41, 5.74) is 1.67. The molecule has 0 aliphatic rings. The zero-order valence-corrected chi connectivity index (χ0v) is 14.5. The number of carbonyl (C=O) groups is 2. The Balaban J connectivity index is 1.92. The van der Waals surface area contributed by atoms with Crippen LogP contribution >= 0.6 is 11.3 Å². The van der Waals surface area contributed by atoms with Crippen molar-refractivity contribution in [3.63, 3.8) is 0 Å². The number of nitrogens with one attached hydrogen (secondary N) is 1. The minimum Gasteiger partial charge on any atom is -0.480 e. The monoisotopic (exact) mass is 346 g/mol. The Hall–Kier alpha value is -2.21. The molecule has 2 rings (SSSR count). The predicted molar refractivity (Wildman–Crippen MR) is 95.0 cm³/mol. The predicted octanol–water partition coefficient (Wildman–Crippen LogP) is 3.50. The number of aromatic nitrogens is 1. The van der Waals surface area contributed by atoms with Crippen molar-refractivity contribution in [1.29, 1.82) is 0 Å². The van der Waals surface area contributed by atoms with E-state index in [4.69, 9.17) is 0 Å². The number of carboxylic acids is 1.